The molecule has 3 aliphatic rings. The Labute approximate surface area is 208 Å². The Bertz CT molecular complexity index is 781. The predicted octanol–water partition coefficient (Wildman–Crippen LogP) is -2.10. The lowest BCUT2D eigenvalue weighted by atomic mass is 9.96. The van der Waals surface area contributed by atoms with Crippen molar-refractivity contribution in [1.29, 1.82) is 0 Å². The van der Waals surface area contributed by atoms with Crippen molar-refractivity contribution in [1.82, 2.24) is 0 Å². The van der Waals surface area contributed by atoms with Crippen molar-refractivity contribution >= 4 is 39.2 Å². The Morgan fingerprint density at radius 1 is 0.714 bits per heavy atom. The molecule has 200 valence electrons. The highest BCUT2D eigenvalue weighted by atomic mass is 31.2. The molecule has 0 spiro atoms. The van der Waals surface area contributed by atoms with Crippen LogP contribution in [0.1, 0.15) is 19.3 Å². The zero-order valence-electron chi connectivity index (χ0n) is 20.7. The SMILES string of the molecule is BC1CC(OP(=O)(O)OCC2OC(B)C[C@@H]2OP(=O)(O)OCC2OC(B)C[C@@H]2OC)C(COC)O1. The quantitative estimate of drug-likeness (QED) is 0.193. The molecule has 18 heteroatoms. The van der Waals surface area contributed by atoms with Gasteiger partial charge in [0.2, 0.25) is 0 Å². The first-order valence-electron chi connectivity index (χ1n) is 11.7. The summed E-state index contributed by atoms with van der Waals surface area (Å²) in [6.07, 6.45) is -2.41. The molecule has 3 heterocycles. The van der Waals surface area contributed by atoms with Crippen molar-refractivity contribution in [3.63, 3.8) is 0 Å². The van der Waals surface area contributed by atoms with Gasteiger partial charge in [-0.2, -0.15) is 0 Å². The van der Waals surface area contributed by atoms with Crippen molar-refractivity contribution in [3.05, 3.63) is 0 Å². The molecule has 0 aliphatic carbocycles. The molecule has 3 rings (SSSR count). The second-order valence-corrected chi connectivity index (χ2v) is 12.0. The normalized spacial score (nSPS) is 41.1. The van der Waals surface area contributed by atoms with Gasteiger partial charge in [-0.1, -0.05) is 0 Å². The van der Waals surface area contributed by atoms with E-state index < -0.39 is 52.8 Å². The van der Waals surface area contributed by atoms with E-state index in [2.05, 4.69) is 0 Å². The van der Waals surface area contributed by atoms with Crippen molar-refractivity contribution in [2.75, 3.05) is 34.0 Å². The van der Waals surface area contributed by atoms with Crippen LogP contribution in [-0.4, -0.2) is 122 Å². The van der Waals surface area contributed by atoms with Crippen molar-refractivity contribution in [2.45, 2.75) is 73.9 Å². The summed E-state index contributed by atoms with van der Waals surface area (Å²) in [4.78, 5) is 20.5. The number of phosphoric acid groups is 2. The maximum Gasteiger partial charge on any atom is 0.472 e. The minimum Gasteiger partial charge on any atom is -0.382 e. The van der Waals surface area contributed by atoms with Gasteiger partial charge < -0.3 is 33.5 Å². The number of hydrogen-bond acceptors (Lipinski definition) is 11. The summed E-state index contributed by atoms with van der Waals surface area (Å²) >= 11 is 0. The molecule has 3 saturated heterocycles. The fourth-order valence-electron chi connectivity index (χ4n) is 4.57. The number of phosphoric ester groups is 2. The van der Waals surface area contributed by atoms with Gasteiger partial charge in [0, 0.05) is 32.2 Å². The fraction of sp³-hybridized carbons (Fsp3) is 1.00. The smallest absolute Gasteiger partial charge is 0.382 e. The highest BCUT2D eigenvalue weighted by Crippen LogP contribution is 2.50. The van der Waals surface area contributed by atoms with Crippen LogP contribution in [0.15, 0.2) is 0 Å². The highest BCUT2D eigenvalue weighted by Gasteiger charge is 2.43. The second-order valence-electron chi connectivity index (χ2n) is 9.21. The first-order valence-corrected chi connectivity index (χ1v) is 14.7. The van der Waals surface area contributed by atoms with Gasteiger partial charge in [-0.05, 0) is 19.3 Å². The lowest BCUT2D eigenvalue weighted by Crippen LogP contribution is -2.31. The third-order valence-electron chi connectivity index (χ3n) is 6.13. The lowest BCUT2D eigenvalue weighted by molar-refractivity contribution is -0.0383. The third kappa shape index (κ3) is 8.89. The van der Waals surface area contributed by atoms with Crippen LogP contribution in [0.4, 0.5) is 0 Å². The molecule has 0 bridgehead atoms. The maximum absolute atomic E-state index is 12.6. The van der Waals surface area contributed by atoms with Crippen LogP contribution in [0.5, 0.6) is 0 Å². The van der Waals surface area contributed by atoms with Crippen LogP contribution in [0.3, 0.4) is 0 Å². The first kappa shape index (κ1) is 29.8. The summed E-state index contributed by atoms with van der Waals surface area (Å²) in [6.45, 7) is -0.378. The number of methoxy groups -OCH3 is 2. The van der Waals surface area contributed by atoms with Gasteiger partial charge in [0.25, 0.3) is 0 Å². The van der Waals surface area contributed by atoms with Gasteiger partial charge in [-0.3, -0.25) is 18.1 Å². The standard InChI is InChI=1S/C17H35B3O13P2/c1-25-6-12-10(4-16(19)29-12)32-35(23,24)28-8-14-11(5-17(20)31-14)33-34(21,22)27-7-13-9(26-2)3-15(18)30-13/h9-17H,3-8,18-20H2,1-2H3,(H,21,22)(H,23,24)/t9-,10?,11-,12?,13?,14?,15?,16?,17?/m0/s1. The van der Waals surface area contributed by atoms with Crippen molar-refractivity contribution in [2.24, 2.45) is 0 Å². The van der Waals surface area contributed by atoms with Crippen molar-refractivity contribution < 1.29 is 60.7 Å². The van der Waals surface area contributed by atoms with Crippen LogP contribution in [0, 0.1) is 0 Å². The van der Waals surface area contributed by atoms with E-state index in [0.717, 1.165) is 0 Å². The zero-order chi connectivity index (χ0) is 25.8. The maximum atomic E-state index is 12.6. The summed E-state index contributed by atoms with van der Waals surface area (Å²) in [5, 5.41) is 0. The number of ether oxygens (including phenoxy) is 5. The molecule has 0 radical (unpaired) electrons. The van der Waals surface area contributed by atoms with Gasteiger partial charge >= 0.3 is 15.6 Å². The Morgan fingerprint density at radius 3 is 1.49 bits per heavy atom. The second kappa shape index (κ2) is 12.8. The summed E-state index contributed by atoms with van der Waals surface area (Å²) in [5.74, 6) is 0. The molecule has 0 saturated carbocycles. The van der Waals surface area contributed by atoms with E-state index in [1.54, 1.807) is 7.85 Å². The molecule has 13 nitrogen and oxygen atoms in total. The predicted molar refractivity (Wildman–Crippen MR) is 129 cm³/mol. The van der Waals surface area contributed by atoms with E-state index >= 15 is 0 Å². The van der Waals surface area contributed by atoms with E-state index in [4.69, 9.17) is 41.8 Å². The molecular formula is C17H35B3O13P2. The Hall–Kier alpha value is 0.215. The fourth-order valence-corrected chi connectivity index (χ4v) is 6.49. The van der Waals surface area contributed by atoms with E-state index in [1.807, 2.05) is 15.7 Å². The number of rotatable bonds is 13. The van der Waals surface area contributed by atoms with E-state index in [9.17, 15) is 18.9 Å². The molecular weight excluding hydrogens is 507 g/mol. The average molecular weight is 542 g/mol. The van der Waals surface area contributed by atoms with Crippen LogP contribution >= 0.6 is 15.6 Å². The minimum absolute atomic E-state index is 0.0571. The van der Waals surface area contributed by atoms with Crippen LogP contribution in [0.25, 0.3) is 0 Å². The third-order valence-corrected chi connectivity index (χ3v) is 8.16. The first-order chi connectivity index (χ1) is 16.4. The van der Waals surface area contributed by atoms with E-state index in [0.29, 0.717) is 12.8 Å². The molecule has 0 aromatic rings. The zero-order valence-corrected chi connectivity index (χ0v) is 22.5. The summed E-state index contributed by atoms with van der Waals surface area (Å²) in [7, 11) is -0.484. The number of hydrogen-bond donors (Lipinski definition) is 2. The monoisotopic (exact) mass is 542 g/mol. The molecule has 35 heavy (non-hydrogen) atoms. The van der Waals surface area contributed by atoms with Gasteiger partial charge in [0.1, 0.15) is 41.9 Å². The van der Waals surface area contributed by atoms with Crippen LogP contribution in [-0.2, 0) is 50.9 Å². The summed E-state index contributed by atoms with van der Waals surface area (Å²) in [5.41, 5.74) is 0. The molecule has 9 unspecified atom stereocenters. The molecule has 0 aromatic heterocycles. The molecule has 3 fully saturated rings. The van der Waals surface area contributed by atoms with E-state index in [1.165, 1.54) is 14.2 Å². The van der Waals surface area contributed by atoms with Crippen LogP contribution in [0.2, 0.25) is 0 Å². The molecule has 2 N–H and O–H groups in total. The summed E-state index contributed by atoms with van der Waals surface area (Å²) in [6, 6.07) is -0.550. The topological polar surface area (TPSA) is 158 Å². The van der Waals surface area contributed by atoms with Gasteiger partial charge in [-0.25, -0.2) is 9.13 Å². The lowest BCUT2D eigenvalue weighted by Gasteiger charge is -2.25. The molecule has 3 aliphatic heterocycles. The van der Waals surface area contributed by atoms with E-state index in [-0.39, 0.29) is 43.7 Å². The minimum atomic E-state index is -4.49. The Kier molecular flexibility index (Phi) is 10.9. The molecule has 0 aromatic carbocycles. The molecule has 11 atom stereocenters. The Morgan fingerprint density at radius 2 is 1.09 bits per heavy atom. The van der Waals surface area contributed by atoms with Gasteiger partial charge in [0.15, 0.2) is 0 Å². The average Bonchev–Trinajstić information content (AvgIpc) is 3.41. The van der Waals surface area contributed by atoms with Gasteiger partial charge in [-0.15, -0.1) is 0 Å². The molecule has 0 amide bonds. The largest absolute Gasteiger partial charge is 0.472 e. The van der Waals surface area contributed by atoms with Crippen molar-refractivity contribution in [3.8, 4) is 0 Å². The van der Waals surface area contributed by atoms with Gasteiger partial charge in [0.05, 0.1) is 38.1 Å². The van der Waals surface area contributed by atoms with Crippen LogP contribution < -0.4 is 0 Å². The highest BCUT2D eigenvalue weighted by molar-refractivity contribution is 7.47. The summed E-state index contributed by atoms with van der Waals surface area (Å²) < 4.78 is 73.5. The Balaban J connectivity index is 1.51.